The van der Waals surface area contributed by atoms with Crippen molar-refractivity contribution in [2.45, 2.75) is 77.4 Å². The average Bonchev–Trinajstić information content (AvgIpc) is 2.66. The third-order valence-corrected chi connectivity index (χ3v) is 8.56. The fraction of sp³-hybridized carbons (Fsp3) is 0.947. The van der Waals surface area contributed by atoms with Crippen molar-refractivity contribution in [1.82, 2.24) is 0 Å². The first-order valence-electron chi connectivity index (χ1n) is 9.29. The van der Waals surface area contributed by atoms with Gasteiger partial charge in [-0.2, -0.15) is 0 Å². The lowest BCUT2D eigenvalue weighted by atomic mass is 9.45. The highest BCUT2D eigenvalue weighted by molar-refractivity contribution is 5.89. The minimum Gasteiger partial charge on any atom is -0.359 e. The summed E-state index contributed by atoms with van der Waals surface area (Å²) in [6.07, 6.45) is 10.2. The van der Waals surface area contributed by atoms with E-state index in [0.717, 1.165) is 18.8 Å². The quantitative estimate of drug-likeness (QED) is 0.675. The van der Waals surface area contributed by atoms with Crippen LogP contribution in [0, 0.1) is 34.5 Å². The molecule has 0 heterocycles. The Kier molecular flexibility index (Phi) is 3.14. The fourth-order valence-electron chi connectivity index (χ4n) is 7.09. The summed E-state index contributed by atoms with van der Waals surface area (Å²) in [5, 5.41) is 20.8. The second-order valence-electron chi connectivity index (χ2n) is 9.16. The van der Waals surface area contributed by atoms with Crippen LogP contribution in [0.3, 0.4) is 0 Å². The van der Waals surface area contributed by atoms with Crippen molar-refractivity contribution in [3.8, 4) is 0 Å². The molecule has 0 saturated heterocycles. The minimum absolute atomic E-state index is 0.174. The van der Waals surface area contributed by atoms with Gasteiger partial charge in [-0.05, 0) is 67.6 Å². The number of hydrogen-bond donors (Lipinski definition) is 2. The van der Waals surface area contributed by atoms with Crippen LogP contribution >= 0.6 is 0 Å². The first-order chi connectivity index (χ1) is 10.3. The maximum Gasteiger partial charge on any atom is 0.229 e. The van der Waals surface area contributed by atoms with Gasteiger partial charge in [0.2, 0.25) is 5.79 Å². The molecular formula is C19H30O3. The lowest BCUT2D eigenvalue weighted by molar-refractivity contribution is -0.241. The Morgan fingerprint density at radius 3 is 2.50 bits per heavy atom. The summed E-state index contributed by atoms with van der Waals surface area (Å²) >= 11 is 0. The monoisotopic (exact) mass is 306 g/mol. The Morgan fingerprint density at radius 1 is 0.955 bits per heavy atom. The van der Waals surface area contributed by atoms with Gasteiger partial charge in [-0.25, -0.2) is 0 Å². The number of carbonyl (C=O) groups excluding carboxylic acids is 1. The molecule has 0 aromatic carbocycles. The van der Waals surface area contributed by atoms with E-state index in [4.69, 9.17) is 0 Å². The van der Waals surface area contributed by atoms with Crippen molar-refractivity contribution < 1.29 is 15.0 Å². The zero-order chi connectivity index (χ0) is 15.8. The van der Waals surface area contributed by atoms with Crippen molar-refractivity contribution in [3.63, 3.8) is 0 Å². The van der Waals surface area contributed by atoms with Crippen LogP contribution in [0.25, 0.3) is 0 Å². The number of ketones is 1. The van der Waals surface area contributed by atoms with E-state index in [1.807, 2.05) is 6.92 Å². The van der Waals surface area contributed by atoms with Gasteiger partial charge in [-0.3, -0.25) is 4.79 Å². The van der Waals surface area contributed by atoms with Crippen molar-refractivity contribution in [2.24, 2.45) is 34.5 Å². The van der Waals surface area contributed by atoms with Gasteiger partial charge in [0.25, 0.3) is 0 Å². The molecule has 6 atom stereocenters. The maximum absolute atomic E-state index is 12.2. The number of rotatable bonds is 0. The standard InChI is InChI=1S/C19H30O3/c1-17-9-4-3-5-12(17)6-7-13-14(17)8-10-18(2)15(13)11-16(20)19(18,21)22/h12-15,21-22H,3-11H2,1-2H3/t12?,13-,14-,15+,17+,18+/m1/s1. The van der Waals surface area contributed by atoms with Gasteiger partial charge in [0, 0.05) is 11.8 Å². The molecule has 2 N–H and O–H groups in total. The summed E-state index contributed by atoms with van der Waals surface area (Å²) in [5.74, 6) is -0.191. The van der Waals surface area contributed by atoms with E-state index in [1.54, 1.807) is 0 Å². The first-order valence-corrected chi connectivity index (χ1v) is 9.29. The molecule has 0 radical (unpaired) electrons. The molecule has 0 spiro atoms. The van der Waals surface area contributed by atoms with Gasteiger partial charge >= 0.3 is 0 Å². The van der Waals surface area contributed by atoms with E-state index in [-0.39, 0.29) is 11.7 Å². The molecular weight excluding hydrogens is 276 g/mol. The molecule has 4 aliphatic carbocycles. The lowest BCUT2D eigenvalue weighted by Gasteiger charge is -2.60. The molecule has 124 valence electrons. The van der Waals surface area contributed by atoms with Crippen LogP contribution in [0.2, 0.25) is 0 Å². The Bertz CT molecular complexity index is 499. The number of carbonyl (C=O) groups is 1. The molecule has 22 heavy (non-hydrogen) atoms. The molecule has 3 heteroatoms. The summed E-state index contributed by atoms with van der Waals surface area (Å²) in [4.78, 5) is 12.2. The second kappa shape index (κ2) is 4.57. The van der Waals surface area contributed by atoms with Gasteiger partial charge in [-0.1, -0.05) is 26.7 Å². The molecule has 1 unspecified atom stereocenters. The number of aliphatic hydroxyl groups is 2. The van der Waals surface area contributed by atoms with Crippen LogP contribution in [0.15, 0.2) is 0 Å². The van der Waals surface area contributed by atoms with E-state index in [9.17, 15) is 15.0 Å². The van der Waals surface area contributed by atoms with Crippen molar-refractivity contribution in [2.75, 3.05) is 0 Å². The predicted octanol–water partition coefficient (Wildman–Crippen LogP) is 3.28. The highest BCUT2D eigenvalue weighted by atomic mass is 16.5. The topological polar surface area (TPSA) is 57.5 Å². The Hall–Kier alpha value is -0.410. The van der Waals surface area contributed by atoms with E-state index in [2.05, 4.69) is 6.92 Å². The third kappa shape index (κ3) is 1.67. The zero-order valence-corrected chi connectivity index (χ0v) is 14.0. The Labute approximate surface area is 133 Å². The smallest absolute Gasteiger partial charge is 0.229 e. The molecule has 3 nitrogen and oxygen atoms in total. The van der Waals surface area contributed by atoms with E-state index >= 15 is 0 Å². The van der Waals surface area contributed by atoms with Crippen LogP contribution in [0.5, 0.6) is 0 Å². The molecule has 0 amide bonds. The number of fused-ring (bicyclic) bond motifs is 5. The van der Waals surface area contributed by atoms with Gasteiger partial charge < -0.3 is 10.2 Å². The highest BCUT2D eigenvalue weighted by Crippen LogP contribution is 2.67. The summed E-state index contributed by atoms with van der Waals surface area (Å²) < 4.78 is 0. The van der Waals surface area contributed by atoms with Crippen molar-refractivity contribution in [1.29, 1.82) is 0 Å². The van der Waals surface area contributed by atoms with Crippen LogP contribution in [0.1, 0.15) is 71.6 Å². The van der Waals surface area contributed by atoms with Gasteiger partial charge in [0.15, 0.2) is 5.78 Å². The highest BCUT2D eigenvalue weighted by Gasteiger charge is 2.67. The molecule has 4 fully saturated rings. The van der Waals surface area contributed by atoms with E-state index in [0.29, 0.717) is 23.7 Å². The fourth-order valence-corrected chi connectivity index (χ4v) is 7.09. The average molecular weight is 306 g/mol. The summed E-state index contributed by atoms with van der Waals surface area (Å²) in [6.45, 7) is 4.45. The Balaban J connectivity index is 1.69. The normalized spacial score (nSPS) is 53.5. The summed E-state index contributed by atoms with van der Waals surface area (Å²) in [5.41, 5.74) is -0.190. The summed E-state index contributed by atoms with van der Waals surface area (Å²) in [7, 11) is 0. The van der Waals surface area contributed by atoms with Crippen LogP contribution in [-0.2, 0) is 4.79 Å². The zero-order valence-electron chi connectivity index (χ0n) is 14.0. The van der Waals surface area contributed by atoms with Gasteiger partial charge in [0.1, 0.15) is 0 Å². The lowest BCUT2D eigenvalue weighted by Crippen LogP contribution is -2.57. The number of hydrogen-bond acceptors (Lipinski definition) is 3. The molecule has 4 rings (SSSR count). The molecule has 4 saturated carbocycles. The molecule has 0 aromatic heterocycles. The summed E-state index contributed by atoms with van der Waals surface area (Å²) in [6, 6.07) is 0. The second-order valence-corrected chi connectivity index (χ2v) is 9.16. The van der Waals surface area contributed by atoms with Crippen molar-refractivity contribution in [3.05, 3.63) is 0 Å². The Morgan fingerprint density at radius 2 is 1.73 bits per heavy atom. The van der Waals surface area contributed by atoms with Crippen LogP contribution in [-0.4, -0.2) is 21.8 Å². The van der Waals surface area contributed by atoms with E-state index < -0.39 is 11.2 Å². The maximum atomic E-state index is 12.2. The van der Waals surface area contributed by atoms with E-state index in [1.165, 1.54) is 38.5 Å². The predicted molar refractivity (Wildman–Crippen MR) is 83.9 cm³/mol. The molecule has 4 aliphatic rings. The van der Waals surface area contributed by atoms with Gasteiger partial charge in [-0.15, -0.1) is 0 Å². The minimum atomic E-state index is -2.09. The molecule has 0 bridgehead atoms. The van der Waals surface area contributed by atoms with Crippen molar-refractivity contribution >= 4 is 5.78 Å². The largest absolute Gasteiger partial charge is 0.359 e. The molecule has 0 aliphatic heterocycles. The van der Waals surface area contributed by atoms with Crippen LogP contribution < -0.4 is 0 Å². The van der Waals surface area contributed by atoms with Gasteiger partial charge in [0.05, 0.1) is 0 Å². The first kappa shape index (κ1) is 15.1. The van der Waals surface area contributed by atoms with Crippen LogP contribution in [0.4, 0.5) is 0 Å². The molecule has 0 aromatic rings. The SMILES string of the molecule is C[C@]12CCCCC1CC[C@@H]1[C@H]2CC[C@@]2(C)[C@H]1CC(=O)C2(O)O. The number of Topliss-reactive ketones (excluding diaryl/α,β-unsaturated/α-hetero) is 1. The third-order valence-electron chi connectivity index (χ3n) is 8.56.